The topological polar surface area (TPSA) is 80.7 Å². The van der Waals surface area contributed by atoms with Crippen molar-refractivity contribution in [1.29, 1.82) is 0 Å². The summed E-state index contributed by atoms with van der Waals surface area (Å²) in [6.07, 6.45) is 9.07. The number of esters is 1. The first-order valence-electron chi connectivity index (χ1n) is 7.53. The zero-order valence-electron chi connectivity index (χ0n) is 11.8. The third kappa shape index (κ3) is 5.40. The summed E-state index contributed by atoms with van der Waals surface area (Å²) in [4.78, 5) is 11.5. The van der Waals surface area contributed by atoms with Crippen LogP contribution >= 0.6 is 0 Å². The maximum Gasteiger partial charge on any atom is 0.305 e. The van der Waals surface area contributed by atoms with E-state index < -0.39 is 15.9 Å². The minimum atomic E-state index is -4.04. The van der Waals surface area contributed by atoms with Crippen LogP contribution in [0.25, 0.3) is 0 Å². The van der Waals surface area contributed by atoms with Crippen LogP contribution in [0.1, 0.15) is 51.4 Å². The minimum Gasteiger partial charge on any atom is -0.464 e. The Balaban J connectivity index is 1.63. The molecule has 2 saturated carbocycles. The molecule has 0 aromatic heterocycles. The molecule has 1 N–H and O–H groups in total. The van der Waals surface area contributed by atoms with Crippen LogP contribution in [0.2, 0.25) is 0 Å². The molecule has 2 aliphatic carbocycles. The second kappa shape index (κ2) is 6.89. The molecule has 116 valence electrons. The predicted octanol–water partition coefficient (Wildman–Crippen LogP) is 2.41. The molecule has 2 fully saturated rings. The van der Waals surface area contributed by atoms with Gasteiger partial charge in [-0.25, -0.2) is 0 Å². The Morgan fingerprint density at radius 2 is 1.80 bits per heavy atom. The van der Waals surface area contributed by atoms with Gasteiger partial charge in [-0.15, -0.1) is 0 Å². The molecule has 0 radical (unpaired) electrons. The van der Waals surface area contributed by atoms with Gasteiger partial charge in [-0.1, -0.05) is 19.3 Å². The molecule has 0 heterocycles. The zero-order valence-corrected chi connectivity index (χ0v) is 12.6. The summed E-state index contributed by atoms with van der Waals surface area (Å²) in [6, 6.07) is 0. The van der Waals surface area contributed by atoms with Crippen LogP contribution < -0.4 is 0 Å². The largest absolute Gasteiger partial charge is 0.464 e. The fourth-order valence-electron chi connectivity index (χ4n) is 3.76. The second-order valence-electron chi connectivity index (χ2n) is 6.28. The van der Waals surface area contributed by atoms with E-state index >= 15 is 0 Å². The highest BCUT2D eigenvalue weighted by molar-refractivity contribution is 7.85. The van der Waals surface area contributed by atoms with Crippen LogP contribution in [-0.4, -0.2) is 31.3 Å². The number of carbonyl (C=O) groups is 1. The maximum atomic E-state index is 11.5. The number of rotatable bonds is 6. The summed E-state index contributed by atoms with van der Waals surface area (Å²) in [7, 11) is -4.04. The van der Waals surface area contributed by atoms with Crippen molar-refractivity contribution in [2.45, 2.75) is 51.4 Å². The third-order valence-electron chi connectivity index (χ3n) is 4.59. The van der Waals surface area contributed by atoms with E-state index in [0.29, 0.717) is 12.3 Å². The lowest BCUT2D eigenvalue weighted by molar-refractivity contribution is -0.143. The van der Waals surface area contributed by atoms with Crippen molar-refractivity contribution in [3.63, 3.8) is 0 Å². The smallest absolute Gasteiger partial charge is 0.305 e. The Morgan fingerprint density at radius 1 is 1.15 bits per heavy atom. The van der Waals surface area contributed by atoms with Crippen molar-refractivity contribution in [3.05, 3.63) is 0 Å². The summed E-state index contributed by atoms with van der Waals surface area (Å²) in [5.74, 6) is 1.44. The van der Waals surface area contributed by atoms with Gasteiger partial charge >= 0.3 is 5.97 Å². The molecule has 20 heavy (non-hydrogen) atoms. The van der Waals surface area contributed by atoms with E-state index in [0.717, 1.165) is 18.3 Å². The molecule has 0 aliphatic heterocycles. The third-order valence-corrected chi connectivity index (χ3v) is 5.27. The first-order chi connectivity index (χ1) is 9.42. The van der Waals surface area contributed by atoms with Crippen LogP contribution in [0.4, 0.5) is 0 Å². The monoisotopic (exact) mass is 304 g/mol. The van der Waals surface area contributed by atoms with Crippen molar-refractivity contribution >= 4 is 16.1 Å². The van der Waals surface area contributed by atoms with Gasteiger partial charge in [0.15, 0.2) is 0 Å². The molecule has 2 rings (SSSR count). The summed E-state index contributed by atoms with van der Waals surface area (Å²) < 4.78 is 34.3. The summed E-state index contributed by atoms with van der Waals surface area (Å²) in [5, 5.41) is 0. The van der Waals surface area contributed by atoms with Crippen molar-refractivity contribution < 1.29 is 22.5 Å². The fourth-order valence-corrected chi connectivity index (χ4v) is 4.05. The Kier molecular flexibility index (Phi) is 5.43. The highest BCUT2D eigenvalue weighted by Crippen LogP contribution is 2.43. The lowest BCUT2D eigenvalue weighted by atomic mass is 9.67. The standard InChI is InChI=1S/C14H24O5S/c15-14(19-6-7-20(16,17)18)5-4-13-9-11-2-1-3-12(8-11)10-13/h11-13H,1-10H2,(H,16,17,18). The highest BCUT2D eigenvalue weighted by Gasteiger charge is 2.31. The molecule has 0 aromatic carbocycles. The molecule has 2 bridgehead atoms. The quantitative estimate of drug-likeness (QED) is 0.602. The maximum absolute atomic E-state index is 11.5. The Labute approximate surface area is 120 Å². The molecular weight excluding hydrogens is 280 g/mol. The SMILES string of the molecule is O=C(CCC1CC2CCCC(C2)C1)OCCS(=O)(=O)O. The van der Waals surface area contributed by atoms with Crippen LogP contribution in [0.5, 0.6) is 0 Å². The van der Waals surface area contributed by atoms with Crippen molar-refractivity contribution in [2.75, 3.05) is 12.4 Å². The van der Waals surface area contributed by atoms with E-state index in [9.17, 15) is 13.2 Å². The molecule has 0 amide bonds. The van der Waals surface area contributed by atoms with Gasteiger partial charge in [-0.2, -0.15) is 8.42 Å². The molecule has 2 atom stereocenters. The van der Waals surface area contributed by atoms with Crippen LogP contribution in [0.3, 0.4) is 0 Å². The fraction of sp³-hybridized carbons (Fsp3) is 0.929. The molecule has 0 aromatic rings. The number of carbonyl (C=O) groups excluding carboxylic acids is 1. The number of ether oxygens (including phenoxy) is 1. The molecule has 6 heteroatoms. The van der Waals surface area contributed by atoms with Crippen LogP contribution in [-0.2, 0) is 19.6 Å². The molecular formula is C14H24O5S. The molecule has 5 nitrogen and oxygen atoms in total. The molecule has 0 saturated heterocycles. The summed E-state index contributed by atoms with van der Waals surface area (Å²) in [5.41, 5.74) is 0. The number of hydrogen-bond donors (Lipinski definition) is 1. The van der Waals surface area contributed by atoms with Gasteiger partial charge in [0.05, 0.1) is 0 Å². The van der Waals surface area contributed by atoms with Gasteiger partial charge in [-0.3, -0.25) is 9.35 Å². The van der Waals surface area contributed by atoms with Gasteiger partial charge in [0.2, 0.25) is 0 Å². The number of fused-ring (bicyclic) bond motifs is 2. The molecule has 0 spiro atoms. The number of hydrogen-bond acceptors (Lipinski definition) is 4. The van der Waals surface area contributed by atoms with Crippen LogP contribution in [0, 0.1) is 17.8 Å². The van der Waals surface area contributed by atoms with Gasteiger partial charge in [-0.05, 0) is 43.4 Å². The van der Waals surface area contributed by atoms with E-state index in [1.165, 1.54) is 38.5 Å². The first kappa shape index (κ1) is 15.8. The zero-order chi connectivity index (χ0) is 14.6. The van der Waals surface area contributed by atoms with Gasteiger partial charge in [0, 0.05) is 6.42 Å². The van der Waals surface area contributed by atoms with Crippen molar-refractivity contribution in [2.24, 2.45) is 17.8 Å². The lowest BCUT2D eigenvalue weighted by Gasteiger charge is -2.39. The first-order valence-corrected chi connectivity index (χ1v) is 9.14. The average Bonchev–Trinajstić information content (AvgIpc) is 2.34. The average molecular weight is 304 g/mol. The second-order valence-corrected chi connectivity index (χ2v) is 7.85. The Bertz CT molecular complexity index is 419. The molecule has 2 aliphatic rings. The van der Waals surface area contributed by atoms with E-state index in [2.05, 4.69) is 0 Å². The van der Waals surface area contributed by atoms with Crippen molar-refractivity contribution in [1.82, 2.24) is 0 Å². The van der Waals surface area contributed by atoms with Crippen molar-refractivity contribution in [3.8, 4) is 0 Å². The van der Waals surface area contributed by atoms with Gasteiger partial charge in [0.1, 0.15) is 12.4 Å². The summed E-state index contributed by atoms with van der Waals surface area (Å²) in [6.45, 7) is -0.256. The summed E-state index contributed by atoms with van der Waals surface area (Å²) >= 11 is 0. The van der Waals surface area contributed by atoms with E-state index in [-0.39, 0.29) is 12.6 Å². The highest BCUT2D eigenvalue weighted by atomic mass is 32.2. The van der Waals surface area contributed by atoms with E-state index in [4.69, 9.17) is 9.29 Å². The van der Waals surface area contributed by atoms with Gasteiger partial charge < -0.3 is 4.74 Å². The normalized spacial score (nSPS) is 29.9. The Hall–Kier alpha value is -0.620. The van der Waals surface area contributed by atoms with E-state index in [1.54, 1.807) is 0 Å². The van der Waals surface area contributed by atoms with Gasteiger partial charge in [0.25, 0.3) is 10.1 Å². The Morgan fingerprint density at radius 3 is 2.40 bits per heavy atom. The lowest BCUT2D eigenvalue weighted by Crippen LogP contribution is -2.27. The van der Waals surface area contributed by atoms with Crippen LogP contribution in [0.15, 0.2) is 0 Å². The van der Waals surface area contributed by atoms with E-state index in [1.807, 2.05) is 0 Å². The predicted molar refractivity (Wildman–Crippen MR) is 74.8 cm³/mol. The minimum absolute atomic E-state index is 0.256. The molecule has 2 unspecified atom stereocenters.